The first-order valence-electron chi connectivity index (χ1n) is 10.7. The average molecular weight is 422 g/mol. The molecule has 3 aromatic carbocycles. The number of H-pyrrole nitrogens is 3. The molecule has 0 saturated heterocycles. The van der Waals surface area contributed by atoms with Gasteiger partial charge in [-0.1, -0.05) is 54.6 Å². The number of rotatable bonds is 2. The third-order valence-corrected chi connectivity index (χ3v) is 7.45. The van der Waals surface area contributed by atoms with Crippen LogP contribution >= 0.6 is 11.6 Å². The summed E-state index contributed by atoms with van der Waals surface area (Å²) in [5, 5.41) is 3.65. The average Bonchev–Trinajstić information content (AvgIpc) is 3.55. The fourth-order valence-corrected chi connectivity index (χ4v) is 6.16. The standard InChI is InChI=1S/C27H20ClN3/c28-26-23(18-13-29-20-10-4-1-7-15(18)20)24-17-9-3-6-12-22(17)31-27(24)25(26)19-14-30-21-11-5-2-8-16(19)21/h1-14,23,25-26,29-31H/t23-,25+,26?/m0/s1. The van der Waals surface area contributed by atoms with E-state index in [-0.39, 0.29) is 17.2 Å². The van der Waals surface area contributed by atoms with Crippen LogP contribution in [-0.2, 0) is 0 Å². The van der Waals surface area contributed by atoms with Crippen molar-refractivity contribution < 1.29 is 0 Å². The van der Waals surface area contributed by atoms with Crippen LogP contribution in [0.4, 0.5) is 0 Å². The van der Waals surface area contributed by atoms with Gasteiger partial charge in [0.25, 0.3) is 0 Å². The van der Waals surface area contributed by atoms with Crippen LogP contribution in [0, 0.1) is 0 Å². The van der Waals surface area contributed by atoms with E-state index in [4.69, 9.17) is 11.6 Å². The zero-order valence-corrected chi connectivity index (χ0v) is 17.4. The lowest BCUT2D eigenvalue weighted by atomic mass is 9.88. The Morgan fingerprint density at radius 1 is 0.581 bits per heavy atom. The van der Waals surface area contributed by atoms with E-state index in [2.05, 4.69) is 100 Å². The van der Waals surface area contributed by atoms with Crippen molar-refractivity contribution in [3.05, 3.63) is 108 Å². The van der Waals surface area contributed by atoms with E-state index in [0.717, 1.165) is 11.0 Å². The molecular weight excluding hydrogens is 402 g/mol. The van der Waals surface area contributed by atoms with Crippen molar-refractivity contribution in [2.75, 3.05) is 0 Å². The SMILES string of the molecule is ClC1[C@@H](c2c[nH]c3ccccc23)c2[nH]c3ccccc3c2[C@@H]1c1c[nH]c2ccccc12. The Labute approximate surface area is 184 Å². The monoisotopic (exact) mass is 421 g/mol. The van der Waals surface area contributed by atoms with Crippen molar-refractivity contribution in [2.45, 2.75) is 17.2 Å². The van der Waals surface area contributed by atoms with Crippen LogP contribution in [0.15, 0.2) is 85.2 Å². The highest BCUT2D eigenvalue weighted by Gasteiger charge is 2.45. The van der Waals surface area contributed by atoms with Gasteiger partial charge >= 0.3 is 0 Å². The summed E-state index contributed by atoms with van der Waals surface area (Å²) < 4.78 is 0. The molecule has 150 valence electrons. The molecule has 1 aliphatic carbocycles. The van der Waals surface area contributed by atoms with E-state index >= 15 is 0 Å². The summed E-state index contributed by atoms with van der Waals surface area (Å²) in [5.41, 5.74) is 8.56. The smallest absolute Gasteiger partial charge is 0.0571 e. The summed E-state index contributed by atoms with van der Waals surface area (Å²) in [5.74, 6) is 0.182. The first kappa shape index (κ1) is 17.3. The second kappa shape index (κ2) is 6.29. The zero-order chi connectivity index (χ0) is 20.5. The molecule has 0 radical (unpaired) electrons. The maximum atomic E-state index is 7.39. The Kier molecular flexibility index (Phi) is 3.50. The molecule has 3 heterocycles. The summed E-state index contributed by atoms with van der Waals surface area (Å²) in [6.45, 7) is 0. The Morgan fingerprint density at radius 3 is 1.74 bits per heavy atom. The van der Waals surface area contributed by atoms with Crippen LogP contribution in [0.5, 0.6) is 0 Å². The molecule has 3 atom stereocenters. The first-order chi connectivity index (χ1) is 15.3. The van der Waals surface area contributed by atoms with Gasteiger partial charge in [-0.3, -0.25) is 0 Å². The van der Waals surface area contributed by atoms with Crippen molar-refractivity contribution in [3.8, 4) is 0 Å². The number of benzene rings is 3. The molecule has 0 bridgehead atoms. The summed E-state index contributed by atoms with van der Waals surface area (Å²) in [4.78, 5) is 10.7. The minimum atomic E-state index is -0.0933. The molecule has 3 nitrogen and oxygen atoms in total. The van der Waals surface area contributed by atoms with E-state index in [1.165, 1.54) is 44.1 Å². The van der Waals surface area contributed by atoms with Crippen molar-refractivity contribution in [3.63, 3.8) is 0 Å². The molecule has 0 aliphatic heterocycles. The van der Waals surface area contributed by atoms with Gasteiger partial charge in [0.05, 0.1) is 5.38 Å². The fraction of sp³-hybridized carbons (Fsp3) is 0.111. The number of halogens is 1. The van der Waals surface area contributed by atoms with E-state index < -0.39 is 0 Å². The molecule has 0 spiro atoms. The van der Waals surface area contributed by atoms with Crippen LogP contribution in [0.1, 0.15) is 34.2 Å². The van der Waals surface area contributed by atoms with Gasteiger partial charge in [0.15, 0.2) is 0 Å². The number of aromatic nitrogens is 3. The number of fused-ring (bicyclic) bond motifs is 5. The zero-order valence-electron chi connectivity index (χ0n) is 16.7. The highest BCUT2D eigenvalue weighted by molar-refractivity contribution is 6.23. The van der Waals surface area contributed by atoms with Gasteiger partial charge in [-0.25, -0.2) is 0 Å². The minimum absolute atomic E-state index is 0.0823. The van der Waals surface area contributed by atoms with Gasteiger partial charge in [-0.15, -0.1) is 11.6 Å². The summed E-state index contributed by atoms with van der Waals surface area (Å²) >= 11 is 7.39. The minimum Gasteiger partial charge on any atom is -0.361 e. The van der Waals surface area contributed by atoms with Gasteiger partial charge in [0.1, 0.15) is 0 Å². The molecule has 7 rings (SSSR count). The third kappa shape index (κ3) is 2.30. The van der Waals surface area contributed by atoms with Crippen molar-refractivity contribution in [2.24, 2.45) is 0 Å². The molecule has 6 aromatic rings. The van der Waals surface area contributed by atoms with E-state index in [0.29, 0.717) is 0 Å². The van der Waals surface area contributed by atoms with Gasteiger partial charge < -0.3 is 15.0 Å². The third-order valence-electron chi connectivity index (χ3n) is 6.95. The van der Waals surface area contributed by atoms with Crippen molar-refractivity contribution in [1.29, 1.82) is 0 Å². The molecule has 3 aromatic heterocycles. The Hall–Kier alpha value is -3.43. The number of hydrogen-bond donors (Lipinski definition) is 3. The summed E-state index contributed by atoms with van der Waals surface area (Å²) in [6.07, 6.45) is 4.28. The maximum absolute atomic E-state index is 7.39. The number of alkyl halides is 1. The fourth-order valence-electron chi connectivity index (χ4n) is 5.63. The highest BCUT2D eigenvalue weighted by Crippen LogP contribution is 2.55. The summed E-state index contributed by atoms with van der Waals surface area (Å²) in [6, 6.07) is 25.6. The van der Waals surface area contributed by atoms with Gasteiger partial charge in [-0.05, 0) is 34.9 Å². The number of hydrogen-bond acceptors (Lipinski definition) is 0. The summed E-state index contributed by atoms with van der Waals surface area (Å²) in [7, 11) is 0. The number of nitrogens with one attached hydrogen (secondary N) is 3. The molecule has 4 heteroatoms. The van der Waals surface area contributed by atoms with Crippen molar-refractivity contribution >= 4 is 44.3 Å². The van der Waals surface area contributed by atoms with Crippen LogP contribution in [-0.4, -0.2) is 20.3 Å². The lowest BCUT2D eigenvalue weighted by Crippen LogP contribution is -2.15. The largest absolute Gasteiger partial charge is 0.361 e. The molecule has 3 N–H and O–H groups in total. The quantitative estimate of drug-likeness (QED) is 0.252. The van der Waals surface area contributed by atoms with E-state index in [1.807, 2.05) is 0 Å². The Bertz CT molecular complexity index is 1580. The van der Waals surface area contributed by atoms with Crippen LogP contribution in [0.25, 0.3) is 32.7 Å². The van der Waals surface area contributed by atoms with Gasteiger partial charge in [0.2, 0.25) is 0 Å². The lowest BCUT2D eigenvalue weighted by Gasteiger charge is -2.20. The predicted molar refractivity (Wildman–Crippen MR) is 128 cm³/mol. The molecule has 0 saturated carbocycles. The second-order valence-electron chi connectivity index (χ2n) is 8.48. The maximum Gasteiger partial charge on any atom is 0.0571 e. The van der Waals surface area contributed by atoms with Crippen LogP contribution in [0.2, 0.25) is 0 Å². The van der Waals surface area contributed by atoms with E-state index in [1.54, 1.807) is 0 Å². The Balaban J connectivity index is 1.53. The number of para-hydroxylation sites is 3. The first-order valence-corrected chi connectivity index (χ1v) is 11.1. The van der Waals surface area contributed by atoms with Crippen molar-refractivity contribution in [1.82, 2.24) is 15.0 Å². The predicted octanol–water partition coefficient (Wildman–Crippen LogP) is 7.02. The van der Waals surface area contributed by atoms with E-state index in [9.17, 15) is 0 Å². The second-order valence-corrected chi connectivity index (χ2v) is 8.98. The molecule has 31 heavy (non-hydrogen) atoms. The molecule has 0 amide bonds. The molecule has 0 fully saturated rings. The lowest BCUT2D eigenvalue weighted by molar-refractivity contribution is 0.725. The van der Waals surface area contributed by atoms with Crippen LogP contribution in [0.3, 0.4) is 0 Å². The van der Waals surface area contributed by atoms with Crippen LogP contribution < -0.4 is 0 Å². The van der Waals surface area contributed by atoms with Gasteiger partial charge in [0, 0.05) is 62.6 Å². The molecule has 1 aliphatic rings. The topological polar surface area (TPSA) is 47.4 Å². The number of aromatic amines is 3. The molecular formula is C27H20ClN3. The van der Waals surface area contributed by atoms with Gasteiger partial charge in [-0.2, -0.15) is 0 Å². The highest BCUT2D eigenvalue weighted by atomic mass is 35.5. The normalized spacial score (nSPS) is 20.7. The Morgan fingerprint density at radius 2 is 1.10 bits per heavy atom. The molecule has 1 unspecified atom stereocenters.